The van der Waals surface area contributed by atoms with Gasteiger partial charge in [-0.3, -0.25) is 23.6 Å². The molecule has 12 atom stereocenters. The molecular weight excluding hydrogens is 743 g/mol. The lowest BCUT2D eigenvalue weighted by molar-refractivity contribution is -0.479. The Morgan fingerprint density at radius 1 is 1.11 bits per heavy atom. The molecule has 5 rings (SSSR count). The van der Waals surface area contributed by atoms with Crippen LogP contribution in [0.2, 0.25) is 0 Å². The molecular formula is C31H44N6O16P+. The van der Waals surface area contributed by atoms with Crippen molar-refractivity contribution in [1.82, 2.24) is 9.97 Å². The molecule has 1 aromatic carbocycles. The lowest BCUT2D eigenvalue weighted by Crippen LogP contribution is -2.49. The molecule has 0 radical (unpaired) electrons. The van der Waals surface area contributed by atoms with Crippen LogP contribution in [-0.4, -0.2) is 154 Å². The number of anilines is 3. The SMILES string of the molecule is C[C@@H]1Nc2nc(N)[nH]c(=O)c2[N+]2=CN(c3ccc(C[C@H](O)[C@H](O)[C@H](O)CO[C@H]4O[C@H](COP(=O)(O)OC(CCC(=O)O)C(=O)O)[C@@H](O)[C@H]4O)cc3)[C@H](C)[C@@H]12. The number of nitrogen functional groups attached to an aromatic ring is 1. The quantitative estimate of drug-likeness (QED) is 0.0591. The number of aliphatic carboxylic acids is 2. The number of phosphoric ester groups is 1. The zero-order valence-electron chi connectivity index (χ0n) is 29.0. The largest absolute Gasteiger partial charge is 0.481 e. The third kappa shape index (κ3) is 9.24. The Kier molecular flexibility index (Phi) is 12.8. The van der Waals surface area contributed by atoms with Crippen molar-refractivity contribution in [2.45, 2.75) is 100 Å². The second-order valence-electron chi connectivity index (χ2n) is 13.2. The molecule has 3 aliphatic heterocycles. The molecule has 0 amide bonds. The molecule has 1 aromatic heterocycles. The predicted octanol–water partition coefficient (Wildman–Crippen LogP) is -2.34. The fraction of sp³-hybridized carbons (Fsp3) is 0.581. The monoisotopic (exact) mass is 787 g/mol. The van der Waals surface area contributed by atoms with Gasteiger partial charge in [-0.05, 0) is 38.0 Å². The fourth-order valence-electron chi connectivity index (χ4n) is 6.55. The summed E-state index contributed by atoms with van der Waals surface area (Å²) in [5.74, 6) is -2.70. The van der Waals surface area contributed by atoms with Crippen LogP contribution in [0.5, 0.6) is 0 Å². The Balaban J connectivity index is 1.11. The van der Waals surface area contributed by atoms with Gasteiger partial charge in [-0.1, -0.05) is 12.1 Å². The maximum atomic E-state index is 12.8. The molecule has 0 saturated carbocycles. The number of aromatic amines is 1. The Morgan fingerprint density at radius 3 is 2.44 bits per heavy atom. The minimum absolute atomic E-state index is 0.00160. The van der Waals surface area contributed by atoms with E-state index in [1.165, 1.54) is 0 Å². The summed E-state index contributed by atoms with van der Waals surface area (Å²) >= 11 is 0. The van der Waals surface area contributed by atoms with Gasteiger partial charge in [-0.25, -0.2) is 18.8 Å². The molecule has 54 heavy (non-hydrogen) atoms. The highest BCUT2D eigenvalue weighted by atomic mass is 31.2. The number of H-pyrrole nitrogens is 1. The molecule has 22 nitrogen and oxygen atoms in total. The minimum Gasteiger partial charge on any atom is -0.481 e. The van der Waals surface area contributed by atoms with Crippen LogP contribution in [-0.2, 0) is 39.1 Å². The van der Waals surface area contributed by atoms with Gasteiger partial charge in [0.2, 0.25) is 18.0 Å². The highest BCUT2D eigenvalue weighted by molar-refractivity contribution is 7.47. The van der Waals surface area contributed by atoms with Crippen molar-refractivity contribution in [3.8, 4) is 0 Å². The summed E-state index contributed by atoms with van der Waals surface area (Å²) in [7, 11) is -5.11. The maximum Gasteiger partial charge on any atom is 0.473 e. The number of aromatic nitrogens is 2. The summed E-state index contributed by atoms with van der Waals surface area (Å²) in [5.41, 5.74) is 7.10. The average molecular weight is 788 g/mol. The highest BCUT2D eigenvalue weighted by Gasteiger charge is 2.49. The third-order valence-corrected chi connectivity index (χ3v) is 10.3. The number of carbonyl (C=O) groups is 2. The number of fused-ring (bicyclic) bond motifs is 3. The number of nitrogens with zero attached hydrogens (tertiary/aromatic N) is 3. The molecule has 2 unspecified atom stereocenters. The highest BCUT2D eigenvalue weighted by Crippen LogP contribution is 2.46. The van der Waals surface area contributed by atoms with Gasteiger partial charge < -0.3 is 61.2 Å². The summed E-state index contributed by atoms with van der Waals surface area (Å²) in [6.45, 7) is 2.41. The van der Waals surface area contributed by atoms with Crippen LogP contribution in [0, 0.1) is 0 Å². The summed E-state index contributed by atoms with van der Waals surface area (Å²) < 4.78 is 33.9. The summed E-state index contributed by atoms with van der Waals surface area (Å²) in [5, 5.41) is 73.6. The normalized spacial score (nSPS) is 28.2. The van der Waals surface area contributed by atoms with Crippen LogP contribution in [0.25, 0.3) is 0 Å². The van der Waals surface area contributed by atoms with Crippen molar-refractivity contribution in [2.75, 3.05) is 29.2 Å². The van der Waals surface area contributed by atoms with Gasteiger partial charge in [0.15, 0.2) is 24.3 Å². The molecule has 0 spiro atoms. The number of nitrogens with two attached hydrogens (primary N) is 1. The molecule has 12 N–H and O–H groups in total. The molecule has 23 heteroatoms. The maximum absolute atomic E-state index is 12.8. The van der Waals surface area contributed by atoms with Gasteiger partial charge in [0.1, 0.15) is 42.2 Å². The number of nitrogens with one attached hydrogen (secondary N) is 2. The average Bonchev–Trinajstić information content (AvgIpc) is 3.58. The number of carboxylic acid groups (broad SMARTS) is 2. The van der Waals surface area contributed by atoms with Crippen LogP contribution in [0.15, 0.2) is 29.1 Å². The van der Waals surface area contributed by atoms with Crippen LogP contribution in [0.4, 0.5) is 23.1 Å². The Hall–Kier alpha value is -4.06. The number of hydrogen-bond donors (Lipinski definition) is 11. The molecule has 0 aliphatic carbocycles. The van der Waals surface area contributed by atoms with Crippen molar-refractivity contribution < 1.29 is 77.9 Å². The zero-order valence-corrected chi connectivity index (χ0v) is 29.9. The molecule has 0 bridgehead atoms. The van der Waals surface area contributed by atoms with Crippen molar-refractivity contribution in [3.63, 3.8) is 0 Å². The first-order valence-electron chi connectivity index (χ1n) is 16.8. The summed E-state index contributed by atoms with van der Waals surface area (Å²) in [6, 6.07) is 6.81. The van der Waals surface area contributed by atoms with Gasteiger partial charge in [-0.15, -0.1) is 0 Å². The molecule has 2 aromatic rings. The van der Waals surface area contributed by atoms with E-state index in [-0.39, 0.29) is 36.1 Å². The van der Waals surface area contributed by atoms with Gasteiger partial charge in [0.05, 0.1) is 25.4 Å². The number of benzene rings is 1. The smallest absolute Gasteiger partial charge is 0.473 e. The fourth-order valence-corrected chi connectivity index (χ4v) is 7.46. The first-order chi connectivity index (χ1) is 25.4. The van der Waals surface area contributed by atoms with E-state index in [2.05, 4.69) is 24.3 Å². The number of carboxylic acids is 2. The van der Waals surface area contributed by atoms with Crippen molar-refractivity contribution >= 4 is 49.2 Å². The van der Waals surface area contributed by atoms with E-state index in [1.54, 1.807) is 24.3 Å². The number of ether oxygens (including phenoxy) is 2. The van der Waals surface area contributed by atoms with E-state index in [0.717, 1.165) is 5.69 Å². The second kappa shape index (κ2) is 16.8. The van der Waals surface area contributed by atoms with Gasteiger partial charge in [0.25, 0.3) is 0 Å². The van der Waals surface area contributed by atoms with Gasteiger partial charge >= 0.3 is 25.3 Å². The lowest BCUT2D eigenvalue weighted by Gasteiger charge is -2.30. The Morgan fingerprint density at radius 2 is 1.80 bits per heavy atom. The van der Waals surface area contributed by atoms with Crippen molar-refractivity contribution in [1.29, 1.82) is 0 Å². The van der Waals surface area contributed by atoms with Crippen molar-refractivity contribution in [3.05, 3.63) is 40.2 Å². The van der Waals surface area contributed by atoms with Gasteiger partial charge in [0, 0.05) is 12.8 Å². The van der Waals surface area contributed by atoms with E-state index in [9.17, 15) is 49.4 Å². The van der Waals surface area contributed by atoms with E-state index >= 15 is 0 Å². The number of hydrogen-bond acceptors (Lipinski definition) is 17. The van der Waals surface area contributed by atoms with E-state index in [0.29, 0.717) is 17.1 Å². The zero-order chi connectivity index (χ0) is 39.6. The lowest BCUT2D eigenvalue weighted by atomic mass is 9.98. The van der Waals surface area contributed by atoms with Gasteiger partial charge in [-0.2, -0.15) is 4.98 Å². The first kappa shape index (κ1) is 41.1. The molecule has 298 valence electrons. The van der Waals surface area contributed by atoms with Crippen LogP contribution in [0.3, 0.4) is 0 Å². The number of rotatable bonds is 17. The minimum atomic E-state index is -5.11. The van der Waals surface area contributed by atoms with E-state index in [1.807, 2.05) is 29.7 Å². The number of phosphoric acid groups is 1. The second-order valence-corrected chi connectivity index (χ2v) is 14.6. The Bertz CT molecular complexity index is 1810. The van der Waals surface area contributed by atoms with E-state index in [4.69, 9.17) is 25.4 Å². The number of aliphatic hydroxyl groups excluding tert-OH is 5. The standard InChI is InChI=1S/C31H43N6O16P/c1-13-22-14(2)36(12-37(22)23-27(33-13)34-31(32)35-28(23)45)16-5-3-15(4-6-16)9-17(38)24(42)18(39)10-50-30-26(44)25(43)20(52-30)11-51-54(48,49)53-19(29(46)47)7-8-21(40)41/h3-6,12-14,17-20,22,24-26,30,38-39,42-44H,7-11H2,1-2H3,(H6-,32,33,34,35,40,41,45,46,47,48,49)/p+1/t13-,14+,17-,18+,19?,20+,22+,24-,25+,26+,30-/m0/s1. The predicted molar refractivity (Wildman–Crippen MR) is 184 cm³/mol. The molecule has 1 saturated heterocycles. The van der Waals surface area contributed by atoms with E-state index < -0.39 is 94.8 Å². The summed E-state index contributed by atoms with van der Waals surface area (Å²) in [4.78, 5) is 53.4. The summed E-state index contributed by atoms with van der Waals surface area (Å²) in [6.07, 6.45) is -13.1. The molecule has 1 fully saturated rings. The van der Waals surface area contributed by atoms with Crippen molar-refractivity contribution in [2.24, 2.45) is 0 Å². The Labute approximate surface area is 306 Å². The first-order valence-corrected chi connectivity index (χ1v) is 18.3. The van der Waals surface area contributed by atoms with Crippen LogP contribution < -0.4 is 21.5 Å². The van der Waals surface area contributed by atoms with Crippen LogP contribution in [0.1, 0.15) is 32.3 Å². The third-order valence-electron chi connectivity index (χ3n) is 9.33. The molecule has 3 aliphatic rings. The topological polar surface area (TPSA) is 340 Å². The van der Waals surface area contributed by atoms with Crippen LogP contribution >= 0.6 is 7.82 Å². The number of aliphatic hydroxyl groups is 5. The molecule has 4 heterocycles.